The van der Waals surface area contributed by atoms with Gasteiger partial charge in [0.1, 0.15) is 0 Å². The summed E-state index contributed by atoms with van der Waals surface area (Å²) in [5.41, 5.74) is 2.33. The fourth-order valence-corrected chi connectivity index (χ4v) is 5.08. The SMILES string of the molecule is Cc1ccc(NC(=O)NC2CCN(CC(C)C)CC2)cc1NC(=O)NC1CCN(CC(C)C)CC1. The minimum atomic E-state index is -0.195. The molecule has 0 aromatic heterocycles. The van der Waals surface area contributed by atoms with Gasteiger partial charge in [0.15, 0.2) is 0 Å². The number of benzene rings is 1. The molecule has 4 N–H and O–H groups in total. The largest absolute Gasteiger partial charge is 0.335 e. The van der Waals surface area contributed by atoms with E-state index in [-0.39, 0.29) is 24.1 Å². The number of nitrogens with zero attached hydrogens (tertiary/aromatic N) is 2. The van der Waals surface area contributed by atoms with Crippen molar-refractivity contribution in [3.05, 3.63) is 23.8 Å². The van der Waals surface area contributed by atoms with Crippen LogP contribution in [-0.4, -0.2) is 73.2 Å². The summed E-state index contributed by atoms with van der Waals surface area (Å²) in [6.45, 7) is 17.2. The number of nitrogens with one attached hydrogen (secondary N) is 4. The van der Waals surface area contributed by atoms with Gasteiger partial charge in [-0.1, -0.05) is 33.8 Å². The number of urea groups is 2. The highest BCUT2D eigenvalue weighted by Gasteiger charge is 2.22. The zero-order chi connectivity index (χ0) is 25.4. The summed E-state index contributed by atoms with van der Waals surface area (Å²) in [6.07, 6.45) is 3.88. The van der Waals surface area contributed by atoms with Gasteiger partial charge in [-0.3, -0.25) is 0 Å². The molecule has 2 fully saturated rings. The van der Waals surface area contributed by atoms with Crippen molar-refractivity contribution in [3.63, 3.8) is 0 Å². The Morgan fingerprint density at radius 3 is 1.71 bits per heavy atom. The summed E-state index contributed by atoms with van der Waals surface area (Å²) >= 11 is 0. The monoisotopic (exact) mass is 486 g/mol. The molecular weight excluding hydrogens is 440 g/mol. The van der Waals surface area contributed by atoms with Crippen LogP contribution in [0.25, 0.3) is 0 Å². The van der Waals surface area contributed by atoms with E-state index in [9.17, 15) is 9.59 Å². The molecule has 0 bridgehead atoms. The van der Waals surface area contributed by atoms with Gasteiger partial charge in [-0.25, -0.2) is 9.59 Å². The molecule has 8 heteroatoms. The number of rotatable bonds is 8. The van der Waals surface area contributed by atoms with Crippen molar-refractivity contribution in [3.8, 4) is 0 Å². The van der Waals surface area contributed by atoms with Gasteiger partial charge in [0.2, 0.25) is 0 Å². The molecule has 2 saturated heterocycles. The van der Waals surface area contributed by atoms with E-state index in [4.69, 9.17) is 0 Å². The first-order valence-electron chi connectivity index (χ1n) is 13.4. The van der Waals surface area contributed by atoms with E-state index in [1.54, 1.807) is 0 Å². The Bertz CT molecular complexity index is 827. The van der Waals surface area contributed by atoms with Crippen LogP contribution < -0.4 is 21.3 Å². The van der Waals surface area contributed by atoms with E-state index < -0.39 is 0 Å². The molecule has 1 aromatic carbocycles. The van der Waals surface area contributed by atoms with Crippen molar-refractivity contribution in [2.45, 2.75) is 72.4 Å². The molecule has 2 aliphatic heterocycles. The predicted octanol–water partition coefficient (Wildman–Crippen LogP) is 4.48. The molecule has 1 aromatic rings. The van der Waals surface area contributed by atoms with Crippen LogP contribution in [0.4, 0.5) is 21.0 Å². The van der Waals surface area contributed by atoms with Gasteiger partial charge in [0.25, 0.3) is 0 Å². The minimum Gasteiger partial charge on any atom is -0.335 e. The van der Waals surface area contributed by atoms with Gasteiger partial charge in [0, 0.05) is 62.7 Å². The summed E-state index contributed by atoms with van der Waals surface area (Å²) in [6, 6.07) is 5.61. The van der Waals surface area contributed by atoms with Crippen molar-refractivity contribution in [1.82, 2.24) is 20.4 Å². The number of likely N-dealkylation sites (tertiary alicyclic amines) is 2. The maximum Gasteiger partial charge on any atom is 0.319 e. The van der Waals surface area contributed by atoms with Crippen molar-refractivity contribution in [2.24, 2.45) is 11.8 Å². The first-order chi connectivity index (χ1) is 16.7. The third-order valence-electron chi connectivity index (χ3n) is 6.84. The lowest BCUT2D eigenvalue weighted by molar-refractivity contribution is 0.180. The highest BCUT2D eigenvalue weighted by molar-refractivity contribution is 5.93. The van der Waals surface area contributed by atoms with Crippen LogP contribution >= 0.6 is 0 Å². The van der Waals surface area contributed by atoms with Crippen molar-refractivity contribution < 1.29 is 9.59 Å². The topological polar surface area (TPSA) is 88.7 Å². The van der Waals surface area contributed by atoms with Gasteiger partial charge >= 0.3 is 12.1 Å². The summed E-state index contributed by atoms with van der Waals surface area (Å²) in [5, 5.41) is 12.1. The zero-order valence-corrected chi connectivity index (χ0v) is 22.3. The first kappa shape index (κ1) is 27.3. The van der Waals surface area contributed by atoms with Crippen molar-refractivity contribution in [2.75, 3.05) is 49.9 Å². The van der Waals surface area contributed by atoms with Crippen LogP contribution in [-0.2, 0) is 0 Å². The second-order valence-electron chi connectivity index (χ2n) is 11.2. The molecule has 8 nitrogen and oxygen atoms in total. The molecule has 0 spiro atoms. The van der Waals surface area contributed by atoms with Crippen LogP contribution in [0.5, 0.6) is 0 Å². The van der Waals surface area contributed by atoms with E-state index in [1.165, 1.54) is 0 Å². The average Bonchev–Trinajstić information content (AvgIpc) is 2.78. The molecule has 4 amide bonds. The number of carbonyl (C=O) groups is 2. The maximum atomic E-state index is 12.6. The second kappa shape index (κ2) is 13.1. The third kappa shape index (κ3) is 9.33. The van der Waals surface area contributed by atoms with Crippen LogP contribution in [0.3, 0.4) is 0 Å². The standard InChI is InChI=1S/C27H46N6O2/c1-19(2)17-32-12-8-22(9-13-32)28-26(34)30-24-7-6-21(5)25(16-24)31-27(35)29-23-10-14-33(15-11-23)18-20(3)4/h6-7,16,19-20,22-23H,8-15,17-18H2,1-5H3,(H2,28,30,34)(H2,29,31,35). The lowest BCUT2D eigenvalue weighted by Gasteiger charge is -2.33. The molecule has 0 saturated carbocycles. The van der Waals surface area contributed by atoms with E-state index in [0.29, 0.717) is 23.2 Å². The van der Waals surface area contributed by atoms with Crippen molar-refractivity contribution >= 4 is 23.4 Å². The number of anilines is 2. The molecule has 0 aliphatic carbocycles. The van der Waals surface area contributed by atoms with Crippen LogP contribution in [0.1, 0.15) is 58.9 Å². The van der Waals surface area contributed by atoms with Gasteiger partial charge in [-0.05, 0) is 62.1 Å². The number of piperidine rings is 2. The Hall–Kier alpha value is -2.32. The van der Waals surface area contributed by atoms with E-state index in [0.717, 1.165) is 70.5 Å². The molecule has 2 heterocycles. The Labute approximate surface area is 211 Å². The van der Waals surface area contributed by atoms with Crippen LogP contribution in [0, 0.1) is 18.8 Å². The van der Waals surface area contributed by atoms with Crippen molar-refractivity contribution in [1.29, 1.82) is 0 Å². The molecule has 0 radical (unpaired) electrons. The quantitative estimate of drug-likeness (QED) is 0.436. The van der Waals surface area contributed by atoms with Gasteiger partial charge in [-0.15, -0.1) is 0 Å². The van der Waals surface area contributed by atoms with Crippen LogP contribution in [0.2, 0.25) is 0 Å². The number of aryl methyl sites for hydroxylation is 1. The van der Waals surface area contributed by atoms with E-state index in [2.05, 4.69) is 58.8 Å². The molecule has 3 rings (SSSR count). The third-order valence-corrected chi connectivity index (χ3v) is 6.84. The summed E-state index contributed by atoms with van der Waals surface area (Å²) in [4.78, 5) is 30.2. The Kier molecular flexibility index (Phi) is 10.2. The smallest absolute Gasteiger partial charge is 0.319 e. The van der Waals surface area contributed by atoms with Gasteiger partial charge in [0.05, 0.1) is 0 Å². The minimum absolute atomic E-state index is 0.190. The van der Waals surface area contributed by atoms with E-state index in [1.807, 2.05) is 25.1 Å². The molecule has 0 unspecified atom stereocenters. The molecule has 0 atom stereocenters. The molecular formula is C27H46N6O2. The summed E-state index contributed by atoms with van der Waals surface area (Å²) in [5.74, 6) is 1.33. The highest BCUT2D eigenvalue weighted by Crippen LogP contribution is 2.21. The molecule has 35 heavy (non-hydrogen) atoms. The highest BCUT2D eigenvalue weighted by atomic mass is 16.2. The number of carbonyl (C=O) groups excluding carboxylic acids is 2. The summed E-state index contributed by atoms with van der Waals surface area (Å²) < 4.78 is 0. The second-order valence-corrected chi connectivity index (χ2v) is 11.2. The fraction of sp³-hybridized carbons (Fsp3) is 0.704. The normalized spacial score (nSPS) is 18.6. The maximum absolute atomic E-state index is 12.6. The Morgan fingerprint density at radius 2 is 1.26 bits per heavy atom. The lowest BCUT2D eigenvalue weighted by Crippen LogP contribution is -2.46. The molecule has 196 valence electrons. The van der Waals surface area contributed by atoms with E-state index >= 15 is 0 Å². The number of hydrogen-bond donors (Lipinski definition) is 4. The average molecular weight is 487 g/mol. The van der Waals surface area contributed by atoms with Gasteiger partial charge in [-0.2, -0.15) is 0 Å². The Balaban J connectivity index is 1.43. The summed E-state index contributed by atoms with van der Waals surface area (Å²) in [7, 11) is 0. The number of amides is 4. The number of hydrogen-bond acceptors (Lipinski definition) is 4. The molecule has 2 aliphatic rings. The predicted molar refractivity (Wildman–Crippen MR) is 144 cm³/mol. The first-order valence-corrected chi connectivity index (χ1v) is 13.4. The lowest BCUT2D eigenvalue weighted by atomic mass is 10.0. The Morgan fingerprint density at radius 1 is 0.800 bits per heavy atom. The fourth-order valence-electron chi connectivity index (χ4n) is 5.08. The zero-order valence-electron chi connectivity index (χ0n) is 22.3. The van der Waals surface area contributed by atoms with Gasteiger partial charge < -0.3 is 31.1 Å². The van der Waals surface area contributed by atoms with Crippen LogP contribution in [0.15, 0.2) is 18.2 Å².